The van der Waals surface area contributed by atoms with Crippen LogP contribution in [0, 0.1) is 41.5 Å². The van der Waals surface area contributed by atoms with Crippen LogP contribution in [0.15, 0.2) is 106 Å². The Bertz CT molecular complexity index is 1770. The maximum absolute atomic E-state index is 13.0. The van der Waals surface area contributed by atoms with Gasteiger partial charge in [0.15, 0.2) is 11.6 Å². The second kappa shape index (κ2) is 17.0. The van der Waals surface area contributed by atoms with Crippen molar-refractivity contribution in [2.45, 2.75) is 67.5 Å². The molecule has 0 fully saturated rings. The minimum Gasteiger partial charge on any atom is -0.506 e. The molecule has 2 N–H and O–H groups in total. The summed E-state index contributed by atoms with van der Waals surface area (Å²) in [6, 6.07) is 25.7. The van der Waals surface area contributed by atoms with Gasteiger partial charge in [-0.05, 0) is 88.8 Å². The minimum atomic E-state index is -0.662. The maximum Gasteiger partial charge on any atom is 0.165 e. The minimum absolute atomic E-state index is 0. The van der Waals surface area contributed by atoms with Crippen LogP contribution in [0.4, 0.5) is 0 Å². The summed E-state index contributed by atoms with van der Waals surface area (Å²) in [5.41, 5.74) is 8.51. The van der Waals surface area contributed by atoms with Gasteiger partial charge in [0.25, 0.3) is 0 Å². The summed E-state index contributed by atoms with van der Waals surface area (Å²) in [5.74, 6) is -0.942. The SMILES string of the molecule is CC(=O)C(C=NC(c1ccccc1)C(N=CC(C(C)=O)=C(O)c1c(C)cc(C)cc1C)c1ccccc1)=C(O)c1c(C)cc(C)cc1C.[Co]. The maximum atomic E-state index is 13.0. The Morgan fingerprint density at radius 1 is 0.551 bits per heavy atom. The third-order valence-electron chi connectivity index (χ3n) is 8.41. The monoisotopic (exact) mass is 699 g/mol. The van der Waals surface area contributed by atoms with Gasteiger partial charge < -0.3 is 10.2 Å². The Hall–Kier alpha value is -4.85. The largest absolute Gasteiger partial charge is 0.506 e. The summed E-state index contributed by atoms with van der Waals surface area (Å²) >= 11 is 0. The number of aliphatic imine (C=N–C) groups is 2. The molecule has 0 aliphatic rings. The Kier molecular flexibility index (Phi) is 13.4. The number of nitrogens with zero attached hydrogens (tertiary/aromatic N) is 2. The van der Waals surface area contributed by atoms with Crippen molar-refractivity contribution in [1.29, 1.82) is 0 Å². The first-order valence-electron chi connectivity index (χ1n) is 16.0. The summed E-state index contributed by atoms with van der Waals surface area (Å²) in [7, 11) is 0. The zero-order chi connectivity index (χ0) is 35.1. The van der Waals surface area contributed by atoms with Crippen molar-refractivity contribution in [1.82, 2.24) is 0 Å². The molecule has 0 amide bonds. The van der Waals surface area contributed by atoms with Crippen LogP contribution in [0.2, 0.25) is 0 Å². The van der Waals surface area contributed by atoms with Gasteiger partial charge >= 0.3 is 0 Å². The van der Waals surface area contributed by atoms with Crippen molar-refractivity contribution in [3.05, 3.63) is 152 Å². The van der Waals surface area contributed by atoms with Crippen LogP contribution in [0.1, 0.15) is 81.6 Å². The van der Waals surface area contributed by atoms with E-state index >= 15 is 0 Å². The van der Waals surface area contributed by atoms with E-state index in [9.17, 15) is 19.8 Å². The van der Waals surface area contributed by atoms with E-state index in [4.69, 9.17) is 9.98 Å². The average molecular weight is 700 g/mol. The van der Waals surface area contributed by atoms with E-state index in [0.29, 0.717) is 11.1 Å². The molecule has 0 saturated heterocycles. The number of aliphatic hydroxyl groups excluding tert-OH is 2. The molecule has 0 aliphatic carbocycles. The Balaban J connectivity index is 0.00000650. The normalized spacial score (nSPS) is 13.8. The first-order valence-corrected chi connectivity index (χ1v) is 16.0. The zero-order valence-corrected chi connectivity index (χ0v) is 30.4. The smallest absolute Gasteiger partial charge is 0.165 e. The molecule has 4 aromatic rings. The topological polar surface area (TPSA) is 99.3 Å². The number of hydrogen-bond acceptors (Lipinski definition) is 6. The van der Waals surface area contributed by atoms with Crippen molar-refractivity contribution in [3.63, 3.8) is 0 Å². The molecule has 0 heterocycles. The molecule has 49 heavy (non-hydrogen) atoms. The average Bonchev–Trinajstić information content (AvgIpc) is 3.01. The molecule has 7 heteroatoms. The molecule has 0 aliphatic heterocycles. The van der Waals surface area contributed by atoms with Crippen molar-refractivity contribution in [2.24, 2.45) is 9.98 Å². The van der Waals surface area contributed by atoms with Gasteiger partial charge in [0.1, 0.15) is 23.6 Å². The molecule has 0 bridgehead atoms. The predicted molar refractivity (Wildman–Crippen MR) is 197 cm³/mol. The first-order chi connectivity index (χ1) is 22.8. The van der Waals surface area contributed by atoms with Gasteiger partial charge in [-0.2, -0.15) is 0 Å². The van der Waals surface area contributed by atoms with E-state index in [1.165, 1.54) is 26.3 Å². The van der Waals surface area contributed by atoms with E-state index < -0.39 is 12.1 Å². The number of Topliss-reactive ketones (excluding diaryl/α,β-unsaturated/α-hetero) is 2. The number of carbonyl (C=O) groups excluding carboxylic acids is 2. The molecule has 6 nitrogen and oxygen atoms in total. The van der Waals surface area contributed by atoms with Crippen LogP contribution < -0.4 is 0 Å². The zero-order valence-electron chi connectivity index (χ0n) is 29.3. The summed E-state index contributed by atoms with van der Waals surface area (Å²) in [6.45, 7) is 14.4. The number of aliphatic hydroxyl groups is 2. The second-order valence-corrected chi connectivity index (χ2v) is 12.5. The third-order valence-corrected chi connectivity index (χ3v) is 8.41. The number of allylic oxidation sites excluding steroid dienone is 2. The van der Waals surface area contributed by atoms with Crippen LogP contribution in [0.3, 0.4) is 0 Å². The van der Waals surface area contributed by atoms with Crippen molar-refractivity contribution < 1.29 is 36.6 Å². The number of hydrogen-bond donors (Lipinski definition) is 2. The van der Waals surface area contributed by atoms with Crippen LogP contribution >= 0.6 is 0 Å². The van der Waals surface area contributed by atoms with Crippen molar-refractivity contribution >= 4 is 35.5 Å². The Morgan fingerprint density at radius 3 is 1.10 bits per heavy atom. The standard InChI is InChI=1S/C42H44N2O4.Co/c1-25-19-27(3)37(28(4)20-25)41(47)35(31(7)45)23-43-39(33-15-11-9-12-16-33)40(34-17-13-10-14-18-34)44-24-36(32(8)46)42(48)38-29(5)21-26(2)22-30(38)6;/h9-24,39-40,47-48H,1-8H3;. The van der Waals surface area contributed by atoms with E-state index in [1.807, 2.05) is 126 Å². The van der Waals surface area contributed by atoms with Crippen LogP contribution in [0.25, 0.3) is 11.5 Å². The van der Waals surface area contributed by atoms with Gasteiger partial charge in [-0.15, -0.1) is 0 Å². The summed E-state index contributed by atoms with van der Waals surface area (Å²) < 4.78 is 0. The second-order valence-electron chi connectivity index (χ2n) is 12.5. The quantitative estimate of drug-likeness (QED) is 0.0926. The first kappa shape index (κ1) is 38.6. The molecule has 2 unspecified atom stereocenters. The van der Waals surface area contributed by atoms with Gasteiger partial charge in [0.05, 0.1) is 11.1 Å². The van der Waals surface area contributed by atoms with E-state index in [-0.39, 0.29) is 51.0 Å². The van der Waals surface area contributed by atoms with Gasteiger partial charge in [0, 0.05) is 40.3 Å². The molecule has 0 aromatic heterocycles. The van der Waals surface area contributed by atoms with Gasteiger partial charge in [0.2, 0.25) is 0 Å². The molecule has 4 aromatic carbocycles. The van der Waals surface area contributed by atoms with Gasteiger partial charge in [-0.3, -0.25) is 19.6 Å². The van der Waals surface area contributed by atoms with Crippen LogP contribution in [-0.4, -0.2) is 34.2 Å². The number of aryl methyl sites for hydroxylation is 6. The predicted octanol–water partition coefficient (Wildman–Crippen LogP) is 9.58. The number of rotatable bonds is 11. The third kappa shape index (κ3) is 9.19. The fourth-order valence-corrected chi connectivity index (χ4v) is 6.32. The van der Waals surface area contributed by atoms with Gasteiger partial charge in [-0.1, -0.05) is 96.1 Å². The number of ketones is 2. The molecule has 255 valence electrons. The van der Waals surface area contributed by atoms with E-state index in [1.54, 1.807) is 0 Å². The number of benzene rings is 4. The molecular formula is C42H44CoN2O4. The molecule has 0 spiro atoms. The van der Waals surface area contributed by atoms with Crippen molar-refractivity contribution in [3.8, 4) is 0 Å². The Labute approximate surface area is 300 Å². The summed E-state index contributed by atoms with van der Waals surface area (Å²) in [4.78, 5) is 35.9. The molecule has 2 atom stereocenters. The molecule has 0 saturated carbocycles. The van der Waals surface area contributed by atoms with E-state index in [2.05, 4.69) is 0 Å². The Morgan fingerprint density at radius 2 is 0.837 bits per heavy atom. The van der Waals surface area contributed by atoms with Crippen molar-refractivity contribution in [2.75, 3.05) is 0 Å². The molecule has 4 rings (SSSR count). The fourth-order valence-electron chi connectivity index (χ4n) is 6.32. The van der Waals surface area contributed by atoms with Crippen LogP contribution in [-0.2, 0) is 26.4 Å². The van der Waals surface area contributed by atoms with Crippen LogP contribution in [0.5, 0.6) is 0 Å². The number of carbonyl (C=O) groups is 2. The molecular weight excluding hydrogens is 655 g/mol. The summed E-state index contributed by atoms with van der Waals surface area (Å²) in [6.07, 6.45) is 2.86. The summed E-state index contributed by atoms with van der Waals surface area (Å²) in [5, 5.41) is 23.0. The van der Waals surface area contributed by atoms with E-state index in [0.717, 1.165) is 44.5 Å². The molecule has 1 radical (unpaired) electrons. The van der Waals surface area contributed by atoms with Gasteiger partial charge in [-0.25, -0.2) is 0 Å². The fraction of sp³-hybridized carbons (Fsp3) is 0.238.